The van der Waals surface area contributed by atoms with Crippen LogP contribution in [0.15, 0.2) is 39.5 Å². The van der Waals surface area contributed by atoms with Gasteiger partial charge in [-0.15, -0.1) is 0 Å². The number of furan rings is 1. The Morgan fingerprint density at radius 3 is 3.00 bits per heavy atom. The second-order valence-electron chi connectivity index (χ2n) is 3.92. The highest BCUT2D eigenvalue weighted by Gasteiger charge is 2.14. The van der Waals surface area contributed by atoms with Crippen molar-refractivity contribution < 1.29 is 13.7 Å². The average molecular weight is 258 g/mol. The second-order valence-corrected chi connectivity index (χ2v) is 3.92. The number of amides is 1. The summed E-state index contributed by atoms with van der Waals surface area (Å²) in [7, 11) is 0. The lowest BCUT2D eigenvalue weighted by Crippen LogP contribution is -2.12. The zero-order chi connectivity index (χ0) is 13.2. The molecule has 0 saturated heterocycles. The molecule has 7 heteroatoms. The summed E-state index contributed by atoms with van der Waals surface area (Å²) in [6, 6.07) is 6.75. The summed E-state index contributed by atoms with van der Waals surface area (Å²) in [6.45, 7) is 1.74. The number of rotatable bonds is 3. The van der Waals surface area contributed by atoms with Crippen molar-refractivity contribution in [3.63, 3.8) is 0 Å². The van der Waals surface area contributed by atoms with Gasteiger partial charge in [-0.1, -0.05) is 5.16 Å². The molecule has 1 amide bonds. The molecule has 0 radical (unpaired) electrons. The normalized spacial score (nSPS) is 10.6. The van der Waals surface area contributed by atoms with E-state index in [9.17, 15) is 4.79 Å². The molecule has 3 aromatic rings. The third kappa shape index (κ3) is 2.25. The van der Waals surface area contributed by atoms with Crippen LogP contribution in [-0.2, 0) is 0 Å². The zero-order valence-electron chi connectivity index (χ0n) is 10.0. The minimum absolute atomic E-state index is 0.243. The Morgan fingerprint density at radius 2 is 2.32 bits per heavy atom. The number of anilines is 1. The van der Waals surface area contributed by atoms with Crippen molar-refractivity contribution in [2.24, 2.45) is 0 Å². The van der Waals surface area contributed by atoms with Crippen LogP contribution in [0.3, 0.4) is 0 Å². The predicted molar refractivity (Wildman–Crippen MR) is 65.5 cm³/mol. The fourth-order valence-corrected chi connectivity index (χ4v) is 1.60. The molecule has 0 unspecified atom stereocenters. The number of carbonyl (C=O) groups excluding carboxylic acids is 1. The maximum absolute atomic E-state index is 11.9. The van der Waals surface area contributed by atoms with E-state index >= 15 is 0 Å². The van der Waals surface area contributed by atoms with Crippen molar-refractivity contribution in [3.05, 3.63) is 42.0 Å². The zero-order valence-corrected chi connectivity index (χ0v) is 10.0. The number of hydrogen-bond acceptors (Lipinski definition) is 5. The highest BCUT2D eigenvalue weighted by Crippen LogP contribution is 2.18. The first-order valence-corrected chi connectivity index (χ1v) is 5.56. The second kappa shape index (κ2) is 4.45. The number of nitrogens with one attached hydrogen (secondary N) is 2. The summed E-state index contributed by atoms with van der Waals surface area (Å²) in [5.74, 6) is 1.21. The largest absolute Gasteiger partial charge is 0.463 e. The number of aromatic nitrogens is 3. The first kappa shape index (κ1) is 11.3. The molecule has 7 nitrogen and oxygen atoms in total. The van der Waals surface area contributed by atoms with Gasteiger partial charge in [0.05, 0.1) is 6.26 Å². The SMILES string of the molecule is Cc1cc(NC(=O)c2cc(-c3ccco3)[nH]n2)no1. The molecule has 3 rings (SSSR count). The van der Waals surface area contributed by atoms with E-state index in [4.69, 9.17) is 8.94 Å². The van der Waals surface area contributed by atoms with Gasteiger partial charge in [0.15, 0.2) is 17.3 Å². The molecule has 19 heavy (non-hydrogen) atoms. The highest BCUT2D eigenvalue weighted by molar-refractivity contribution is 6.02. The van der Waals surface area contributed by atoms with Gasteiger partial charge in [-0.2, -0.15) is 5.10 Å². The smallest absolute Gasteiger partial charge is 0.277 e. The van der Waals surface area contributed by atoms with Crippen molar-refractivity contribution in [1.29, 1.82) is 0 Å². The molecule has 0 saturated carbocycles. The van der Waals surface area contributed by atoms with Gasteiger partial charge in [-0.3, -0.25) is 9.89 Å². The summed E-state index contributed by atoms with van der Waals surface area (Å²) in [5.41, 5.74) is 0.874. The lowest BCUT2D eigenvalue weighted by atomic mass is 10.3. The van der Waals surface area contributed by atoms with Crippen LogP contribution in [0, 0.1) is 6.92 Å². The molecule has 0 spiro atoms. The molecule has 0 aliphatic carbocycles. The predicted octanol–water partition coefficient (Wildman–Crippen LogP) is 2.22. The molecule has 0 aliphatic heterocycles. The van der Waals surface area contributed by atoms with Crippen LogP contribution >= 0.6 is 0 Å². The summed E-state index contributed by atoms with van der Waals surface area (Å²) in [4.78, 5) is 11.9. The van der Waals surface area contributed by atoms with Crippen molar-refractivity contribution in [1.82, 2.24) is 15.4 Å². The number of H-pyrrole nitrogens is 1. The van der Waals surface area contributed by atoms with Crippen LogP contribution in [-0.4, -0.2) is 21.3 Å². The number of nitrogens with zero attached hydrogens (tertiary/aromatic N) is 2. The number of hydrogen-bond donors (Lipinski definition) is 2. The standard InChI is InChI=1S/C12H10N4O3/c1-7-5-11(16-19-7)13-12(17)9-6-8(14-15-9)10-3-2-4-18-10/h2-6H,1H3,(H,14,15)(H,13,16,17). The van der Waals surface area contributed by atoms with Crippen LogP contribution in [0.1, 0.15) is 16.2 Å². The Bertz CT molecular complexity index is 696. The van der Waals surface area contributed by atoms with E-state index in [2.05, 4.69) is 20.7 Å². The highest BCUT2D eigenvalue weighted by atomic mass is 16.5. The quantitative estimate of drug-likeness (QED) is 0.750. The van der Waals surface area contributed by atoms with E-state index in [1.807, 2.05) is 0 Å². The molecule has 3 aromatic heterocycles. The maximum Gasteiger partial charge on any atom is 0.277 e. The van der Waals surface area contributed by atoms with E-state index < -0.39 is 0 Å². The van der Waals surface area contributed by atoms with E-state index in [-0.39, 0.29) is 11.6 Å². The van der Waals surface area contributed by atoms with Crippen molar-refractivity contribution in [3.8, 4) is 11.5 Å². The number of aryl methyl sites for hydroxylation is 1. The van der Waals surface area contributed by atoms with Gasteiger partial charge in [-0.25, -0.2) is 0 Å². The van der Waals surface area contributed by atoms with Crippen LogP contribution in [0.4, 0.5) is 5.82 Å². The Kier molecular flexibility index (Phi) is 2.64. The van der Waals surface area contributed by atoms with Gasteiger partial charge in [0.25, 0.3) is 5.91 Å². The van der Waals surface area contributed by atoms with Crippen LogP contribution in [0.2, 0.25) is 0 Å². The van der Waals surface area contributed by atoms with Gasteiger partial charge in [0.2, 0.25) is 0 Å². The minimum atomic E-state index is -0.373. The monoisotopic (exact) mass is 258 g/mol. The van der Waals surface area contributed by atoms with Crippen molar-refractivity contribution in [2.75, 3.05) is 5.32 Å². The number of carbonyl (C=O) groups is 1. The fraction of sp³-hybridized carbons (Fsp3) is 0.0833. The third-order valence-electron chi connectivity index (χ3n) is 2.47. The molecule has 2 N–H and O–H groups in total. The topological polar surface area (TPSA) is 97.0 Å². The summed E-state index contributed by atoms with van der Waals surface area (Å²) in [5, 5.41) is 12.9. The lowest BCUT2D eigenvalue weighted by Gasteiger charge is -1.95. The van der Waals surface area contributed by atoms with E-state index in [1.54, 1.807) is 37.5 Å². The van der Waals surface area contributed by atoms with E-state index in [1.165, 1.54) is 0 Å². The molecule has 3 heterocycles. The van der Waals surface area contributed by atoms with Crippen LogP contribution in [0.5, 0.6) is 0 Å². The summed E-state index contributed by atoms with van der Waals surface area (Å²) < 4.78 is 10.1. The van der Waals surface area contributed by atoms with Gasteiger partial charge in [-0.05, 0) is 19.1 Å². The lowest BCUT2D eigenvalue weighted by molar-refractivity contribution is 0.102. The molecule has 96 valence electrons. The van der Waals surface area contributed by atoms with Gasteiger partial charge in [0.1, 0.15) is 11.5 Å². The van der Waals surface area contributed by atoms with Gasteiger partial charge >= 0.3 is 0 Å². The molecule has 0 bridgehead atoms. The summed E-state index contributed by atoms with van der Waals surface area (Å²) >= 11 is 0. The molecule has 0 fully saturated rings. The van der Waals surface area contributed by atoms with Crippen LogP contribution in [0.25, 0.3) is 11.5 Å². The Balaban J connectivity index is 1.77. The van der Waals surface area contributed by atoms with Crippen molar-refractivity contribution >= 4 is 11.7 Å². The van der Waals surface area contributed by atoms with Crippen molar-refractivity contribution in [2.45, 2.75) is 6.92 Å². The third-order valence-corrected chi connectivity index (χ3v) is 2.47. The maximum atomic E-state index is 11.9. The summed E-state index contributed by atoms with van der Waals surface area (Å²) in [6.07, 6.45) is 1.55. The molecular weight excluding hydrogens is 248 g/mol. The first-order chi connectivity index (χ1) is 9.22. The molecular formula is C12H10N4O3. The molecule has 0 atom stereocenters. The first-order valence-electron chi connectivity index (χ1n) is 5.56. The Hall–Kier alpha value is -2.83. The Labute approximate surface area is 107 Å². The molecule has 0 aliphatic rings. The van der Waals surface area contributed by atoms with Gasteiger partial charge < -0.3 is 14.3 Å². The minimum Gasteiger partial charge on any atom is -0.463 e. The fourth-order valence-electron chi connectivity index (χ4n) is 1.60. The van der Waals surface area contributed by atoms with Crippen LogP contribution < -0.4 is 5.32 Å². The van der Waals surface area contributed by atoms with E-state index in [0.29, 0.717) is 23.0 Å². The van der Waals surface area contributed by atoms with Gasteiger partial charge in [0, 0.05) is 12.1 Å². The average Bonchev–Trinajstić information content (AvgIpc) is 3.08. The molecule has 0 aromatic carbocycles. The van der Waals surface area contributed by atoms with E-state index in [0.717, 1.165) is 0 Å². The number of aromatic amines is 1. The Morgan fingerprint density at radius 1 is 1.42 bits per heavy atom.